The van der Waals surface area contributed by atoms with Crippen molar-refractivity contribution in [2.45, 2.75) is 19.9 Å². The van der Waals surface area contributed by atoms with Gasteiger partial charge in [0, 0.05) is 25.7 Å². The first kappa shape index (κ1) is 14.5. The third-order valence-electron chi connectivity index (χ3n) is 3.69. The highest BCUT2D eigenvalue weighted by molar-refractivity contribution is 5.98. The van der Waals surface area contributed by atoms with Crippen molar-refractivity contribution in [2.24, 2.45) is 0 Å². The number of nitrogens with one attached hydrogen (secondary N) is 2. The normalized spacial score (nSPS) is 13.5. The molecule has 0 aromatic heterocycles. The van der Waals surface area contributed by atoms with Gasteiger partial charge in [-0.2, -0.15) is 0 Å². The summed E-state index contributed by atoms with van der Waals surface area (Å²) in [6, 6.07) is 5.75. The lowest BCUT2D eigenvalue weighted by Crippen LogP contribution is -2.38. The summed E-state index contributed by atoms with van der Waals surface area (Å²) in [5.41, 5.74) is 2.96. The van der Waals surface area contributed by atoms with Crippen LogP contribution in [0, 0.1) is 0 Å². The maximum absolute atomic E-state index is 12.2. The van der Waals surface area contributed by atoms with Gasteiger partial charge in [0.1, 0.15) is 0 Å². The molecule has 2 rings (SSSR count). The van der Waals surface area contributed by atoms with Gasteiger partial charge < -0.3 is 15.5 Å². The number of amides is 2. The van der Waals surface area contributed by atoms with Crippen LogP contribution in [0.3, 0.4) is 0 Å². The molecule has 5 nitrogen and oxygen atoms in total. The fourth-order valence-corrected chi connectivity index (χ4v) is 2.31. The van der Waals surface area contributed by atoms with Crippen molar-refractivity contribution >= 4 is 11.8 Å². The maximum Gasteiger partial charge on any atom is 0.252 e. The van der Waals surface area contributed by atoms with Gasteiger partial charge >= 0.3 is 0 Å². The molecule has 0 saturated heterocycles. The number of rotatable bonds is 4. The largest absolute Gasteiger partial charge is 0.345 e. The van der Waals surface area contributed by atoms with Crippen LogP contribution in [0.25, 0.3) is 0 Å². The van der Waals surface area contributed by atoms with E-state index < -0.39 is 0 Å². The molecule has 0 atom stereocenters. The molecule has 0 fully saturated rings. The average Bonchev–Trinajstić information content (AvgIpc) is 2.50. The Morgan fingerprint density at radius 2 is 2.20 bits per heavy atom. The lowest BCUT2D eigenvalue weighted by molar-refractivity contribution is -0.128. The number of fused-ring (bicyclic) bond motifs is 1. The molecular weight excluding hydrogens is 254 g/mol. The molecule has 0 spiro atoms. The SMILES string of the molecule is CCN(C)C(=O)CNC(=O)c1cccc2c1CCNC2. The van der Waals surface area contributed by atoms with Gasteiger partial charge in [0.05, 0.1) is 6.54 Å². The van der Waals surface area contributed by atoms with Gasteiger partial charge in [-0.3, -0.25) is 9.59 Å². The van der Waals surface area contributed by atoms with E-state index in [0.29, 0.717) is 12.1 Å². The van der Waals surface area contributed by atoms with E-state index in [2.05, 4.69) is 10.6 Å². The minimum atomic E-state index is -0.165. The van der Waals surface area contributed by atoms with Crippen molar-refractivity contribution in [3.05, 3.63) is 34.9 Å². The number of benzene rings is 1. The number of hydrogen-bond acceptors (Lipinski definition) is 3. The molecule has 1 aliphatic heterocycles. The Kier molecular flexibility index (Phi) is 4.74. The number of nitrogens with zero attached hydrogens (tertiary/aromatic N) is 1. The molecule has 1 heterocycles. The van der Waals surface area contributed by atoms with Gasteiger partial charge in [-0.15, -0.1) is 0 Å². The summed E-state index contributed by atoms with van der Waals surface area (Å²) in [4.78, 5) is 25.5. The Labute approximate surface area is 119 Å². The standard InChI is InChI=1S/C15H21N3O2/c1-3-18(2)14(19)10-17-15(20)13-6-4-5-11-9-16-8-7-12(11)13/h4-6,16H,3,7-10H2,1-2H3,(H,17,20). The third kappa shape index (κ3) is 3.17. The highest BCUT2D eigenvalue weighted by Gasteiger charge is 2.18. The first-order valence-electron chi connectivity index (χ1n) is 6.97. The Morgan fingerprint density at radius 3 is 2.95 bits per heavy atom. The average molecular weight is 275 g/mol. The molecule has 108 valence electrons. The van der Waals surface area contributed by atoms with Crippen LogP contribution in [0.1, 0.15) is 28.4 Å². The topological polar surface area (TPSA) is 61.4 Å². The Bertz CT molecular complexity index is 514. The molecule has 0 bridgehead atoms. The molecule has 20 heavy (non-hydrogen) atoms. The zero-order chi connectivity index (χ0) is 14.5. The Morgan fingerprint density at radius 1 is 1.40 bits per heavy atom. The maximum atomic E-state index is 12.2. The van der Waals surface area contributed by atoms with Gasteiger partial charge in [0.25, 0.3) is 5.91 Å². The monoisotopic (exact) mass is 275 g/mol. The molecule has 2 N–H and O–H groups in total. The van der Waals surface area contributed by atoms with Crippen molar-refractivity contribution in [3.63, 3.8) is 0 Å². The summed E-state index contributed by atoms with van der Waals surface area (Å²) in [6.45, 7) is 4.27. The van der Waals surface area contributed by atoms with E-state index in [-0.39, 0.29) is 18.4 Å². The number of likely N-dealkylation sites (N-methyl/N-ethyl adjacent to an activating group) is 1. The van der Waals surface area contributed by atoms with E-state index in [4.69, 9.17) is 0 Å². The van der Waals surface area contributed by atoms with Gasteiger partial charge in [-0.05, 0) is 37.1 Å². The van der Waals surface area contributed by atoms with Crippen molar-refractivity contribution in [2.75, 3.05) is 26.7 Å². The van der Waals surface area contributed by atoms with Gasteiger partial charge in [-0.25, -0.2) is 0 Å². The molecule has 0 aliphatic carbocycles. The lowest BCUT2D eigenvalue weighted by atomic mass is 9.95. The van der Waals surface area contributed by atoms with Crippen LogP contribution in [0.5, 0.6) is 0 Å². The van der Waals surface area contributed by atoms with Gasteiger partial charge in [0.15, 0.2) is 0 Å². The number of carbonyl (C=O) groups excluding carboxylic acids is 2. The van der Waals surface area contributed by atoms with Crippen LogP contribution < -0.4 is 10.6 Å². The molecule has 2 amide bonds. The molecular formula is C15H21N3O2. The quantitative estimate of drug-likeness (QED) is 0.843. The Balaban J connectivity index is 2.05. The van der Waals surface area contributed by atoms with Crippen LogP contribution in [-0.2, 0) is 17.8 Å². The molecule has 0 unspecified atom stereocenters. The molecule has 1 aromatic rings. The van der Waals surface area contributed by atoms with E-state index >= 15 is 0 Å². The summed E-state index contributed by atoms with van der Waals surface area (Å²) in [5.74, 6) is -0.242. The second kappa shape index (κ2) is 6.52. The Hall–Kier alpha value is -1.88. The van der Waals surface area contributed by atoms with Crippen LogP contribution in [0.15, 0.2) is 18.2 Å². The predicted molar refractivity (Wildman–Crippen MR) is 77.5 cm³/mol. The summed E-state index contributed by atoms with van der Waals surface area (Å²) in [7, 11) is 1.73. The zero-order valence-corrected chi connectivity index (χ0v) is 12.0. The van der Waals surface area contributed by atoms with Crippen molar-refractivity contribution in [1.29, 1.82) is 0 Å². The zero-order valence-electron chi connectivity index (χ0n) is 12.0. The summed E-state index contributed by atoms with van der Waals surface area (Å²) in [5, 5.41) is 6.00. The van der Waals surface area contributed by atoms with Crippen LogP contribution >= 0.6 is 0 Å². The van der Waals surface area contributed by atoms with Crippen LogP contribution in [-0.4, -0.2) is 43.4 Å². The summed E-state index contributed by atoms with van der Waals surface area (Å²) in [6.07, 6.45) is 0.849. The molecule has 0 saturated carbocycles. The van der Waals surface area contributed by atoms with Crippen molar-refractivity contribution in [1.82, 2.24) is 15.5 Å². The minimum absolute atomic E-state index is 0.0467. The van der Waals surface area contributed by atoms with E-state index in [1.165, 1.54) is 5.56 Å². The van der Waals surface area contributed by atoms with Gasteiger partial charge in [-0.1, -0.05) is 12.1 Å². The molecule has 1 aliphatic rings. The number of carbonyl (C=O) groups is 2. The lowest BCUT2D eigenvalue weighted by Gasteiger charge is -2.20. The molecule has 0 radical (unpaired) electrons. The fourth-order valence-electron chi connectivity index (χ4n) is 2.31. The first-order valence-corrected chi connectivity index (χ1v) is 6.97. The van der Waals surface area contributed by atoms with Gasteiger partial charge in [0.2, 0.25) is 5.91 Å². The van der Waals surface area contributed by atoms with E-state index in [1.54, 1.807) is 11.9 Å². The van der Waals surface area contributed by atoms with E-state index in [0.717, 1.165) is 25.1 Å². The minimum Gasteiger partial charge on any atom is -0.345 e. The molecule has 1 aromatic carbocycles. The second-order valence-electron chi connectivity index (χ2n) is 4.96. The summed E-state index contributed by atoms with van der Waals surface area (Å²) < 4.78 is 0. The van der Waals surface area contributed by atoms with E-state index in [1.807, 2.05) is 25.1 Å². The summed E-state index contributed by atoms with van der Waals surface area (Å²) >= 11 is 0. The van der Waals surface area contributed by atoms with E-state index in [9.17, 15) is 9.59 Å². The van der Waals surface area contributed by atoms with Crippen molar-refractivity contribution < 1.29 is 9.59 Å². The van der Waals surface area contributed by atoms with Crippen molar-refractivity contribution in [3.8, 4) is 0 Å². The predicted octanol–water partition coefficient (Wildman–Crippen LogP) is 0.540. The first-order chi connectivity index (χ1) is 9.63. The highest BCUT2D eigenvalue weighted by Crippen LogP contribution is 2.18. The third-order valence-corrected chi connectivity index (χ3v) is 3.69. The fraction of sp³-hybridized carbons (Fsp3) is 0.467. The second-order valence-corrected chi connectivity index (χ2v) is 4.96. The van der Waals surface area contributed by atoms with Crippen LogP contribution in [0.2, 0.25) is 0 Å². The van der Waals surface area contributed by atoms with Crippen LogP contribution in [0.4, 0.5) is 0 Å². The highest BCUT2D eigenvalue weighted by atomic mass is 16.2. The smallest absolute Gasteiger partial charge is 0.252 e. The number of hydrogen-bond donors (Lipinski definition) is 2. The molecule has 5 heteroatoms.